The highest BCUT2D eigenvalue weighted by molar-refractivity contribution is 5.78. The predicted molar refractivity (Wildman–Crippen MR) is 158 cm³/mol. The highest BCUT2D eigenvalue weighted by atomic mass is 16.5. The van der Waals surface area contributed by atoms with Crippen LogP contribution in [0, 0.1) is 11.8 Å². The number of carbonyl (C=O) groups excluding carboxylic acids is 1. The number of ether oxygens (including phenoxy) is 5. The number of hydrogen-bond donors (Lipinski definition) is 2. The van der Waals surface area contributed by atoms with Crippen molar-refractivity contribution in [3.05, 3.63) is 53.6 Å². The van der Waals surface area contributed by atoms with Crippen LogP contribution >= 0.6 is 0 Å². The van der Waals surface area contributed by atoms with Gasteiger partial charge in [-0.2, -0.15) is 0 Å². The zero-order valence-corrected chi connectivity index (χ0v) is 24.4. The second-order valence-electron chi connectivity index (χ2n) is 11.2. The second kappa shape index (κ2) is 14.9. The number of piperidine rings is 1. The van der Waals surface area contributed by atoms with Crippen molar-refractivity contribution in [3.63, 3.8) is 0 Å². The Bertz CT molecular complexity index is 1110. The number of anilines is 1. The molecule has 2 aromatic rings. The van der Waals surface area contributed by atoms with Crippen molar-refractivity contribution < 1.29 is 28.5 Å². The molecule has 0 spiro atoms. The molecule has 0 aromatic heterocycles. The van der Waals surface area contributed by atoms with Crippen LogP contribution in [0.2, 0.25) is 0 Å². The van der Waals surface area contributed by atoms with Gasteiger partial charge in [-0.1, -0.05) is 18.2 Å². The summed E-state index contributed by atoms with van der Waals surface area (Å²) in [5.74, 6) is 2.25. The van der Waals surface area contributed by atoms with Gasteiger partial charge >= 0.3 is 0 Å². The predicted octanol–water partition coefficient (Wildman–Crippen LogP) is 3.36. The third-order valence-corrected chi connectivity index (χ3v) is 8.52. The molecule has 3 aliphatic heterocycles. The van der Waals surface area contributed by atoms with Gasteiger partial charge in [-0.3, -0.25) is 4.79 Å². The number of methoxy groups -OCH3 is 2. The van der Waals surface area contributed by atoms with Gasteiger partial charge in [0.25, 0.3) is 0 Å². The van der Waals surface area contributed by atoms with E-state index in [1.165, 1.54) is 5.56 Å². The van der Waals surface area contributed by atoms with E-state index >= 15 is 0 Å². The molecular weight excluding hydrogens is 522 g/mol. The number of hydrogen-bond acceptors (Lipinski definition) is 8. The molecule has 1 amide bonds. The summed E-state index contributed by atoms with van der Waals surface area (Å²) in [7, 11) is 3.43. The molecular formula is C32H45N3O6. The minimum Gasteiger partial charge on any atom is -0.497 e. The van der Waals surface area contributed by atoms with E-state index in [9.17, 15) is 4.79 Å². The van der Waals surface area contributed by atoms with Gasteiger partial charge in [0, 0.05) is 64.9 Å². The molecule has 41 heavy (non-hydrogen) atoms. The summed E-state index contributed by atoms with van der Waals surface area (Å²) in [6.45, 7) is 7.23. The lowest BCUT2D eigenvalue weighted by Gasteiger charge is -2.39. The molecule has 2 N–H and O–H groups in total. The van der Waals surface area contributed by atoms with Gasteiger partial charge in [0.05, 0.1) is 32.1 Å². The number of benzene rings is 2. The minimum atomic E-state index is -0.0489. The first-order valence-electron chi connectivity index (χ1n) is 15.0. The molecule has 5 rings (SSSR count). The van der Waals surface area contributed by atoms with Crippen molar-refractivity contribution in [1.82, 2.24) is 10.6 Å². The Morgan fingerprint density at radius 2 is 1.90 bits per heavy atom. The molecule has 9 heteroatoms. The molecule has 3 atom stereocenters. The van der Waals surface area contributed by atoms with E-state index in [1.54, 1.807) is 14.2 Å². The number of amides is 1. The molecule has 0 aliphatic carbocycles. The molecule has 2 fully saturated rings. The fourth-order valence-corrected chi connectivity index (χ4v) is 6.22. The lowest BCUT2D eigenvalue weighted by molar-refractivity contribution is -0.128. The van der Waals surface area contributed by atoms with Crippen LogP contribution in [0.15, 0.2) is 42.5 Å². The Morgan fingerprint density at radius 3 is 2.68 bits per heavy atom. The van der Waals surface area contributed by atoms with Crippen LogP contribution in [0.25, 0.3) is 0 Å². The molecule has 0 radical (unpaired) electrons. The number of rotatable bonds is 12. The summed E-state index contributed by atoms with van der Waals surface area (Å²) in [6, 6.07) is 14.6. The summed E-state index contributed by atoms with van der Waals surface area (Å²) in [5, 5.41) is 6.83. The minimum absolute atomic E-state index is 0.0360. The Kier molecular flexibility index (Phi) is 10.7. The Morgan fingerprint density at radius 1 is 1.07 bits per heavy atom. The fraction of sp³-hybridized carbons (Fsp3) is 0.594. The number of carbonyl (C=O) groups is 1. The molecule has 9 nitrogen and oxygen atoms in total. The topological polar surface area (TPSA) is 90.5 Å². The maximum atomic E-state index is 12.9. The van der Waals surface area contributed by atoms with E-state index < -0.39 is 0 Å². The molecule has 0 bridgehead atoms. The quantitative estimate of drug-likeness (QED) is 0.378. The van der Waals surface area contributed by atoms with Gasteiger partial charge in [0.15, 0.2) is 0 Å². The Labute approximate surface area is 243 Å². The van der Waals surface area contributed by atoms with Crippen LogP contribution in [0.4, 0.5) is 5.69 Å². The molecule has 1 unspecified atom stereocenters. The molecule has 2 aromatic carbocycles. The third kappa shape index (κ3) is 7.71. The van der Waals surface area contributed by atoms with Crippen LogP contribution in [-0.4, -0.2) is 85.4 Å². The number of nitrogens with zero attached hydrogens (tertiary/aromatic N) is 1. The largest absolute Gasteiger partial charge is 0.497 e. The highest BCUT2D eigenvalue weighted by Crippen LogP contribution is 2.36. The van der Waals surface area contributed by atoms with E-state index in [1.807, 2.05) is 12.1 Å². The standard InChI is InChI=1S/C32H45N3O6/c1-37-14-3-12-35-13-17-40-29-9-4-23(18-28(29)35)22-41-30-21-33-19-26(20-34-32(36)25-10-15-39-16-11-25)31(30)24-5-7-27(38-2)8-6-24/h4-9,18,25-26,30-31,33H,3,10-17,19-22H2,1-2H3,(H,34,36)/t26-,30-,31?/m0/s1. The van der Waals surface area contributed by atoms with Crippen LogP contribution in [0.3, 0.4) is 0 Å². The summed E-state index contributed by atoms with van der Waals surface area (Å²) < 4.78 is 28.7. The lowest BCUT2D eigenvalue weighted by atomic mass is 9.79. The SMILES string of the molecule is COCCCN1CCOc2ccc(CO[C@H]3CNC[C@@H](CNC(=O)C4CCOCC4)C3c3ccc(OC)cc3)cc21. The molecule has 2 saturated heterocycles. The van der Waals surface area contributed by atoms with E-state index in [4.69, 9.17) is 23.7 Å². The maximum absolute atomic E-state index is 12.9. The first kappa shape index (κ1) is 29.6. The highest BCUT2D eigenvalue weighted by Gasteiger charge is 2.36. The zero-order valence-electron chi connectivity index (χ0n) is 24.4. The summed E-state index contributed by atoms with van der Waals surface area (Å²) >= 11 is 0. The van der Waals surface area contributed by atoms with Crippen molar-refractivity contribution in [2.75, 3.05) is 78.3 Å². The molecule has 3 heterocycles. The smallest absolute Gasteiger partial charge is 0.223 e. The maximum Gasteiger partial charge on any atom is 0.223 e. The average molecular weight is 568 g/mol. The Hall–Kier alpha value is -2.85. The number of fused-ring (bicyclic) bond motifs is 1. The Balaban J connectivity index is 1.28. The average Bonchev–Trinajstić information content (AvgIpc) is 3.03. The first-order chi connectivity index (χ1) is 20.2. The third-order valence-electron chi connectivity index (χ3n) is 8.52. The van der Waals surface area contributed by atoms with E-state index in [0.29, 0.717) is 33.0 Å². The molecule has 224 valence electrons. The van der Waals surface area contributed by atoms with Crippen molar-refractivity contribution in [2.45, 2.75) is 37.9 Å². The monoisotopic (exact) mass is 567 g/mol. The van der Waals surface area contributed by atoms with Gasteiger partial charge in [-0.15, -0.1) is 0 Å². The van der Waals surface area contributed by atoms with Crippen LogP contribution in [0.1, 0.15) is 36.3 Å². The summed E-state index contributed by atoms with van der Waals surface area (Å²) in [4.78, 5) is 15.3. The number of nitrogens with one attached hydrogen (secondary N) is 2. The van der Waals surface area contributed by atoms with E-state index in [0.717, 1.165) is 74.8 Å². The van der Waals surface area contributed by atoms with E-state index in [-0.39, 0.29) is 29.8 Å². The van der Waals surface area contributed by atoms with Gasteiger partial charge < -0.3 is 39.2 Å². The van der Waals surface area contributed by atoms with Crippen molar-refractivity contribution in [1.29, 1.82) is 0 Å². The van der Waals surface area contributed by atoms with Crippen LogP contribution in [-0.2, 0) is 25.6 Å². The normalized spacial score (nSPS) is 23.0. The first-order valence-corrected chi connectivity index (χ1v) is 15.0. The van der Waals surface area contributed by atoms with Gasteiger partial charge in [0.2, 0.25) is 5.91 Å². The van der Waals surface area contributed by atoms with Crippen molar-refractivity contribution in [2.24, 2.45) is 11.8 Å². The fourth-order valence-electron chi connectivity index (χ4n) is 6.22. The van der Waals surface area contributed by atoms with Crippen LogP contribution in [0.5, 0.6) is 11.5 Å². The van der Waals surface area contributed by atoms with Crippen molar-refractivity contribution >= 4 is 11.6 Å². The van der Waals surface area contributed by atoms with Crippen molar-refractivity contribution in [3.8, 4) is 11.5 Å². The summed E-state index contributed by atoms with van der Waals surface area (Å²) in [5.41, 5.74) is 3.44. The lowest BCUT2D eigenvalue weighted by Crippen LogP contribution is -2.50. The van der Waals surface area contributed by atoms with Gasteiger partial charge in [-0.25, -0.2) is 0 Å². The molecule has 3 aliphatic rings. The van der Waals surface area contributed by atoms with Gasteiger partial charge in [0.1, 0.15) is 18.1 Å². The van der Waals surface area contributed by atoms with Crippen LogP contribution < -0.4 is 25.0 Å². The summed E-state index contributed by atoms with van der Waals surface area (Å²) in [6.07, 6.45) is 2.50. The second-order valence-corrected chi connectivity index (χ2v) is 11.2. The van der Waals surface area contributed by atoms with Gasteiger partial charge in [-0.05, 0) is 60.6 Å². The van der Waals surface area contributed by atoms with E-state index in [2.05, 4.69) is 45.9 Å². The zero-order chi connectivity index (χ0) is 28.4. The molecule has 0 saturated carbocycles.